The van der Waals surface area contributed by atoms with Gasteiger partial charge in [-0.1, -0.05) is 42.8 Å². The molecular formula is C22H28N2S. The smallest absolute Gasteiger partial charge is 0.0358 e. The molecule has 3 rings (SSSR count). The zero-order valence-electron chi connectivity index (χ0n) is 15.2. The van der Waals surface area contributed by atoms with Crippen molar-refractivity contribution in [3.8, 4) is 0 Å². The minimum Gasteiger partial charge on any atom is -0.398 e. The Labute approximate surface area is 155 Å². The van der Waals surface area contributed by atoms with Crippen molar-refractivity contribution in [1.82, 2.24) is 0 Å². The van der Waals surface area contributed by atoms with Gasteiger partial charge >= 0.3 is 0 Å². The van der Waals surface area contributed by atoms with Gasteiger partial charge in [-0.2, -0.15) is 0 Å². The Morgan fingerprint density at radius 2 is 2.08 bits per heavy atom. The van der Waals surface area contributed by atoms with E-state index in [0.29, 0.717) is 5.92 Å². The highest BCUT2D eigenvalue weighted by atomic mass is 32.2. The van der Waals surface area contributed by atoms with Crippen molar-refractivity contribution in [2.24, 2.45) is 11.1 Å². The molecule has 132 valence electrons. The van der Waals surface area contributed by atoms with Gasteiger partial charge in [-0.05, 0) is 79.3 Å². The molecule has 2 atom stereocenters. The van der Waals surface area contributed by atoms with Crippen LogP contribution in [0.1, 0.15) is 42.0 Å². The van der Waals surface area contributed by atoms with Crippen LogP contribution in [0, 0.1) is 12.8 Å². The van der Waals surface area contributed by atoms with Gasteiger partial charge in [0.15, 0.2) is 0 Å². The van der Waals surface area contributed by atoms with Crippen LogP contribution in [-0.2, 0) is 18.3 Å². The van der Waals surface area contributed by atoms with E-state index in [4.69, 9.17) is 10.9 Å². The van der Waals surface area contributed by atoms with E-state index in [2.05, 4.69) is 56.8 Å². The van der Waals surface area contributed by atoms with Crippen LogP contribution in [0.15, 0.2) is 53.9 Å². The molecule has 0 saturated carbocycles. The second-order valence-electron chi connectivity index (χ2n) is 7.51. The Kier molecular flexibility index (Phi) is 5.26. The molecule has 25 heavy (non-hydrogen) atoms. The molecule has 0 spiro atoms. The largest absolute Gasteiger partial charge is 0.398 e. The van der Waals surface area contributed by atoms with Crippen molar-refractivity contribution in [2.45, 2.75) is 49.8 Å². The first kappa shape index (κ1) is 18.1. The van der Waals surface area contributed by atoms with Gasteiger partial charge in [0, 0.05) is 16.0 Å². The molecule has 2 aromatic rings. The van der Waals surface area contributed by atoms with Gasteiger partial charge in [0.25, 0.3) is 0 Å². The maximum absolute atomic E-state index is 6.24. The van der Waals surface area contributed by atoms with E-state index < -0.39 is 0 Å². The normalized spacial score (nSPS) is 22.4. The summed E-state index contributed by atoms with van der Waals surface area (Å²) >= 11 is 1.24. The van der Waals surface area contributed by atoms with E-state index in [0.717, 1.165) is 36.3 Å². The summed E-state index contributed by atoms with van der Waals surface area (Å²) in [7, 11) is 0. The van der Waals surface area contributed by atoms with Crippen LogP contribution in [0.2, 0.25) is 0 Å². The third-order valence-electron chi connectivity index (χ3n) is 5.56. The molecule has 3 heteroatoms. The summed E-state index contributed by atoms with van der Waals surface area (Å²) in [6.45, 7) is 8.75. The predicted octanol–water partition coefficient (Wildman–Crippen LogP) is 5.18. The molecule has 2 nitrogen and oxygen atoms in total. The topological polar surface area (TPSA) is 52.0 Å². The van der Waals surface area contributed by atoms with Gasteiger partial charge < -0.3 is 5.73 Å². The lowest BCUT2D eigenvalue weighted by Gasteiger charge is -2.40. The predicted molar refractivity (Wildman–Crippen MR) is 110 cm³/mol. The summed E-state index contributed by atoms with van der Waals surface area (Å²) in [6.07, 6.45) is 6.49. The fourth-order valence-electron chi connectivity index (χ4n) is 4.32. The van der Waals surface area contributed by atoms with Crippen molar-refractivity contribution >= 4 is 17.6 Å². The Morgan fingerprint density at radius 3 is 2.76 bits per heavy atom. The Bertz CT molecular complexity index is 784. The first-order valence-corrected chi connectivity index (χ1v) is 9.84. The van der Waals surface area contributed by atoms with E-state index in [-0.39, 0.29) is 5.41 Å². The summed E-state index contributed by atoms with van der Waals surface area (Å²) < 4.78 is 0. The number of hydrogen-bond acceptors (Lipinski definition) is 3. The minimum absolute atomic E-state index is 0.0361. The lowest BCUT2D eigenvalue weighted by atomic mass is 9.64. The van der Waals surface area contributed by atoms with Crippen LogP contribution in [0.5, 0.6) is 0 Å². The minimum atomic E-state index is 0.0361. The highest BCUT2D eigenvalue weighted by Gasteiger charge is 2.36. The van der Waals surface area contributed by atoms with Crippen LogP contribution in [0.4, 0.5) is 5.69 Å². The Morgan fingerprint density at radius 1 is 1.28 bits per heavy atom. The number of hydrogen-bond donors (Lipinski definition) is 2. The van der Waals surface area contributed by atoms with Gasteiger partial charge in [0.05, 0.1) is 0 Å². The first-order valence-electron chi connectivity index (χ1n) is 8.96. The number of rotatable bonds is 5. The third-order valence-corrected chi connectivity index (χ3v) is 6.09. The highest BCUT2D eigenvalue weighted by molar-refractivity contribution is 7.97. The summed E-state index contributed by atoms with van der Waals surface area (Å²) in [5.74, 6) is 0.667. The van der Waals surface area contributed by atoms with Crippen molar-refractivity contribution in [1.29, 1.82) is 0 Å². The molecule has 4 N–H and O–H groups in total. The van der Waals surface area contributed by atoms with Gasteiger partial charge in [-0.25, -0.2) is 0 Å². The van der Waals surface area contributed by atoms with E-state index >= 15 is 0 Å². The SMILES string of the molecule is C=C[C@]1(CCc2ccc(SN)cc2N)CC(C)Cc2cc(C)ccc21. The van der Waals surface area contributed by atoms with Gasteiger partial charge in [-0.3, -0.25) is 5.14 Å². The fourth-order valence-corrected chi connectivity index (χ4v) is 4.66. The Hall–Kier alpha value is -1.71. The third kappa shape index (κ3) is 3.63. The molecule has 1 aliphatic rings. The molecule has 0 radical (unpaired) electrons. The van der Waals surface area contributed by atoms with E-state index in [1.807, 2.05) is 6.07 Å². The first-order chi connectivity index (χ1) is 12.0. The number of nitrogen functional groups attached to an aromatic ring is 1. The lowest BCUT2D eigenvalue weighted by Crippen LogP contribution is -2.33. The van der Waals surface area contributed by atoms with Gasteiger partial charge in [0.1, 0.15) is 0 Å². The molecule has 0 aromatic heterocycles. The molecule has 0 bridgehead atoms. The standard InChI is InChI=1S/C22H28N2S/c1-4-22(10-9-17-6-7-19(25-24)13-21(17)23)14-16(3)12-18-11-15(2)5-8-20(18)22/h4-8,11,13,16H,1,9-10,12,14,23-24H2,2-3H3/t16?,22-/m0/s1. The highest BCUT2D eigenvalue weighted by Crippen LogP contribution is 2.44. The van der Waals surface area contributed by atoms with Gasteiger partial charge in [0.2, 0.25) is 0 Å². The molecule has 0 heterocycles. The number of nitrogens with two attached hydrogens (primary N) is 2. The van der Waals surface area contributed by atoms with Gasteiger partial charge in [-0.15, -0.1) is 6.58 Å². The summed E-state index contributed by atoms with van der Waals surface area (Å²) in [6, 6.07) is 13.0. The lowest BCUT2D eigenvalue weighted by molar-refractivity contribution is 0.339. The average Bonchev–Trinajstić information content (AvgIpc) is 2.59. The Balaban J connectivity index is 1.90. The zero-order valence-corrected chi connectivity index (χ0v) is 16.0. The second-order valence-corrected chi connectivity index (χ2v) is 8.22. The fraction of sp³-hybridized carbons (Fsp3) is 0.364. The van der Waals surface area contributed by atoms with E-state index in [1.54, 1.807) is 0 Å². The van der Waals surface area contributed by atoms with E-state index in [9.17, 15) is 0 Å². The molecule has 0 fully saturated rings. The maximum atomic E-state index is 6.24. The van der Waals surface area contributed by atoms with Crippen LogP contribution < -0.4 is 10.9 Å². The monoisotopic (exact) mass is 352 g/mol. The second kappa shape index (κ2) is 7.27. The molecule has 0 saturated heterocycles. The van der Waals surface area contributed by atoms with E-state index in [1.165, 1.54) is 34.2 Å². The zero-order chi connectivity index (χ0) is 18.0. The molecule has 2 aromatic carbocycles. The number of benzene rings is 2. The number of aryl methyl sites for hydroxylation is 2. The number of anilines is 1. The molecule has 1 unspecified atom stereocenters. The van der Waals surface area contributed by atoms with Crippen molar-refractivity contribution in [3.63, 3.8) is 0 Å². The molecule has 0 amide bonds. The van der Waals surface area contributed by atoms with Crippen LogP contribution in [0.25, 0.3) is 0 Å². The maximum Gasteiger partial charge on any atom is 0.0358 e. The van der Waals surface area contributed by atoms with Crippen molar-refractivity contribution in [3.05, 3.63) is 71.3 Å². The summed E-state index contributed by atoms with van der Waals surface area (Å²) in [4.78, 5) is 1.01. The van der Waals surface area contributed by atoms with Crippen molar-refractivity contribution < 1.29 is 0 Å². The van der Waals surface area contributed by atoms with Crippen LogP contribution in [0.3, 0.4) is 0 Å². The van der Waals surface area contributed by atoms with Crippen molar-refractivity contribution in [2.75, 3.05) is 5.73 Å². The number of allylic oxidation sites excluding steroid dienone is 1. The quantitative estimate of drug-likeness (QED) is 0.443. The average molecular weight is 353 g/mol. The molecule has 0 aliphatic heterocycles. The molecule has 1 aliphatic carbocycles. The van der Waals surface area contributed by atoms with Crippen LogP contribution in [-0.4, -0.2) is 0 Å². The summed E-state index contributed by atoms with van der Waals surface area (Å²) in [5, 5.41) is 5.63. The summed E-state index contributed by atoms with van der Waals surface area (Å²) in [5.41, 5.74) is 12.6. The number of fused-ring (bicyclic) bond motifs is 1. The molecular weight excluding hydrogens is 324 g/mol. The van der Waals surface area contributed by atoms with Crippen LogP contribution >= 0.6 is 11.9 Å².